The van der Waals surface area contributed by atoms with E-state index in [9.17, 15) is 9.50 Å². The van der Waals surface area contributed by atoms with Crippen LogP contribution < -0.4 is 4.90 Å². The van der Waals surface area contributed by atoms with Crippen molar-refractivity contribution in [2.75, 3.05) is 32.1 Å². The van der Waals surface area contributed by atoms with Gasteiger partial charge in [-0.2, -0.15) is 0 Å². The standard InChI is InChI=1S/C14H21FN2O/c1-16-8-6-12(7-9-16)17(2)14-11(10-18)4-3-5-13(14)15/h3-5,12,18H,6-10H2,1-2H3. The van der Waals surface area contributed by atoms with Gasteiger partial charge in [0.1, 0.15) is 5.82 Å². The van der Waals surface area contributed by atoms with E-state index in [1.807, 2.05) is 11.9 Å². The Balaban J connectivity index is 2.20. The second-order valence-electron chi connectivity index (χ2n) is 5.05. The molecule has 1 saturated heterocycles. The minimum absolute atomic E-state index is 0.121. The molecule has 3 nitrogen and oxygen atoms in total. The largest absolute Gasteiger partial charge is 0.392 e. The van der Waals surface area contributed by atoms with Crippen molar-refractivity contribution < 1.29 is 9.50 Å². The number of anilines is 1. The van der Waals surface area contributed by atoms with Crippen molar-refractivity contribution in [1.82, 2.24) is 4.90 Å². The Labute approximate surface area is 108 Å². The van der Waals surface area contributed by atoms with E-state index in [-0.39, 0.29) is 12.4 Å². The number of benzene rings is 1. The molecule has 0 spiro atoms. The monoisotopic (exact) mass is 252 g/mol. The smallest absolute Gasteiger partial charge is 0.146 e. The van der Waals surface area contributed by atoms with Gasteiger partial charge >= 0.3 is 0 Å². The van der Waals surface area contributed by atoms with Crippen LogP contribution in [0.5, 0.6) is 0 Å². The number of piperidine rings is 1. The minimum atomic E-state index is -0.247. The second-order valence-corrected chi connectivity index (χ2v) is 5.05. The SMILES string of the molecule is CN1CCC(N(C)c2c(F)cccc2CO)CC1. The zero-order chi connectivity index (χ0) is 13.1. The highest BCUT2D eigenvalue weighted by molar-refractivity contribution is 5.55. The van der Waals surface area contributed by atoms with Crippen molar-refractivity contribution in [2.45, 2.75) is 25.5 Å². The number of rotatable bonds is 3. The van der Waals surface area contributed by atoms with Gasteiger partial charge in [0, 0.05) is 18.7 Å². The molecule has 1 fully saturated rings. The van der Waals surface area contributed by atoms with Gasteiger partial charge in [0.05, 0.1) is 12.3 Å². The summed E-state index contributed by atoms with van der Waals surface area (Å²) >= 11 is 0. The van der Waals surface area contributed by atoms with Gasteiger partial charge in [-0.1, -0.05) is 12.1 Å². The van der Waals surface area contributed by atoms with E-state index in [0.29, 0.717) is 17.3 Å². The van der Waals surface area contributed by atoms with Crippen LogP contribution in [0.15, 0.2) is 18.2 Å². The Bertz CT molecular complexity index is 403. The van der Waals surface area contributed by atoms with Crippen molar-refractivity contribution in [1.29, 1.82) is 0 Å². The molecule has 1 aliphatic heterocycles. The van der Waals surface area contributed by atoms with Crippen LogP contribution in [-0.2, 0) is 6.61 Å². The second kappa shape index (κ2) is 5.67. The number of hydrogen-bond donors (Lipinski definition) is 1. The number of hydrogen-bond acceptors (Lipinski definition) is 3. The molecule has 100 valence electrons. The number of aliphatic hydroxyl groups is 1. The molecule has 1 N–H and O–H groups in total. The summed E-state index contributed by atoms with van der Waals surface area (Å²) in [6, 6.07) is 5.24. The average molecular weight is 252 g/mol. The summed E-state index contributed by atoms with van der Waals surface area (Å²) in [6.07, 6.45) is 2.07. The van der Waals surface area contributed by atoms with E-state index >= 15 is 0 Å². The first-order valence-corrected chi connectivity index (χ1v) is 6.43. The van der Waals surface area contributed by atoms with Crippen LogP contribution in [0.1, 0.15) is 18.4 Å². The first-order chi connectivity index (χ1) is 8.63. The maximum absolute atomic E-state index is 14.0. The Kier molecular flexibility index (Phi) is 4.19. The third kappa shape index (κ3) is 2.65. The molecule has 0 unspecified atom stereocenters. The number of halogens is 1. The lowest BCUT2D eigenvalue weighted by Gasteiger charge is -2.37. The molecule has 0 bridgehead atoms. The summed E-state index contributed by atoms with van der Waals surface area (Å²) < 4.78 is 14.0. The van der Waals surface area contributed by atoms with Gasteiger partial charge in [-0.15, -0.1) is 0 Å². The zero-order valence-corrected chi connectivity index (χ0v) is 11.1. The quantitative estimate of drug-likeness (QED) is 0.889. The van der Waals surface area contributed by atoms with E-state index in [0.717, 1.165) is 25.9 Å². The topological polar surface area (TPSA) is 26.7 Å². The molecular formula is C14H21FN2O. The summed E-state index contributed by atoms with van der Waals surface area (Å²) in [6.45, 7) is 1.96. The first kappa shape index (κ1) is 13.3. The molecule has 1 aliphatic rings. The summed E-state index contributed by atoms with van der Waals surface area (Å²) in [5.41, 5.74) is 1.21. The Morgan fingerprint density at radius 2 is 2.06 bits per heavy atom. The fraction of sp³-hybridized carbons (Fsp3) is 0.571. The molecule has 4 heteroatoms. The van der Waals surface area contributed by atoms with Crippen LogP contribution in [0.4, 0.5) is 10.1 Å². The molecular weight excluding hydrogens is 231 g/mol. The predicted molar refractivity (Wildman–Crippen MR) is 71.2 cm³/mol. The Hall–Kier alpha value is -1.13. The molecule has 0 aliphatic carbocycles. The van der Waals surface area contributed by atoms with Crippen LogP contribution in [-0.4, -0.2) is 43.2 Å². The molecule has 0 atom stereocenters. The van der Waals surface area contributed by atoms with E-state index in [4.69, 9.17) is 0 Å². The third-order valence-corrected chi connectivity index (χ3v) is 3.83. The average Bonchev–Trinajstić information content (AvgIpc) is 2.38. The number of nitrogens with zero attached hydrogens (tertiary/aromatic N) is 2. The zero-order valence-electron chi connectivity index (χ0n) is 11.1. The van der Waals surface area contributed by atoms with Crippen LogP contribution >= 0.6 is 0 Å². The van der Waals surface area contributed by atoms with E-state index in [1.165, 1.54) is 6.07 Å². The van der Waals surface area contributed by atoms with Crippen molar-refractivity contribution in [3.05, 3.63) is 29.6 Å². The summed E-state index contributed by atoms with van der Waals surface area (Å²) in [5, 5.41) is 9.33. The van der Waals surface area contributed by atoms with Gasteiger partial charge in [-0.05, 0) is 39.0 Å². The highest BCUT2D eigenvalue weighted by Crippen LogP contribution is 2.28. The fourth-order valence-electron chi connectivity index (χ4n) is 2.65. The van der Waals surface area contributed by atoms with Gasteiger partial charge in [0.2, 0.25) is 0 Å². The first-order valence-electron chi connectivity index (χ1n) is 6.43. The van der Waals surface area contributed by atoms with Gasteiger partial charge in [-0.25, -0.2) is 4.39 Å². The molecule has 18 heavy (non-hydrogen) atoms. The van der Waals surface area contributed by atoms with E-state index in [2.05, 4.69) is 11.9 Å². The third-order valence-electron chi connectivity index (χ3n) is 3.83. The van der Waals surface area contributed by atoms with Crippen molar-refractivity contribution in [2.24, 2.45) is 0 Å². The molecule has 1 aromatic carbocycles. The van der Waals surface area contributed by atoms with Crippen LogP contribution in [0.3, 0.4) is 0 Å². The molecule has 0 radical (unpaired) electrons. The summed E-state index contributed by atoms with van der Waals surface area (Å²) in [7, 11) is 4.03. The normalized spacial score (nSPS) is 18.0. The van der Waals surface area contributed by atoms with Gasteiger partial charge in [0.25, 0.3) is 0 Å². The Morgan fingerprint density at radius 1 is 1.39 bits per heavy atom. The summed E-state index contributed by atoms with van der Waals surface area (Å²) in [4.78, 5) is 4.28. The van der Waals surface area contributed by atoms with Crippen LogP contribution in [0.2, 0.25) is 0 Å². The van der Waals surface area contributed by atoms with Crippen molar-refractivity contribution in [3.8, 4) is 0 Å². The lowest BCUT2D eigenvalue weighted by atomic mass is 10.0. The maximum Gasteiger partial charge on any atom is 0.146 e. The molecule has 0 aromatic heterocycles. The van der Waals surface area contributed by atoms with E-state index in [1.54, 1.807) is 12.1 Å². The van der Waals surface area contributed by atoms with E-state index < -0.39 is 0 Å². The minimum Gasteiger partial charge on any atom is -0.392 e. The van der Waals surface area contributed by atoms with Crippen LogP contribution in [0.25, 0.3) is 0 Å². The van der Waals surface area contributed by atoms with Crippen molar-refractivity contribution in [3.63, 3.8) is 0 Å². The highest BCUT2D eigenvalue weighted by atomic mass is 19.1. The maximum atomic E-state index is 14.0. The molecule has 1 aromatic rings. The van der Waals surface area contributed by atoms with Gasteiger partial charge in [-0.3, -0.25) is 0 Å². The van der Waals surface area contributed by atoms with Gasteiger partial charge in [0.15, 0.2) is 0 Å². The Morgan fingerprint density at radius 3 is 2.67 bits per heavy atom. The molecule has 2 rings (SSSR count). The lowest BCUT2D eigenvalue weighted by molar-refractivity contribution is 0.251. The number of aliphatic hydroxyl groups excluding tert-OH is 1. The lowest BCUT2D eigenvalue weighted by Crippen LogP contribution is -2.42. The summed E-state index contributed by atoms with van der Waals surface area (Å²) in [5.74, 6) is -0.247. The fourth-order valence-corrected chi connectivity index (χ4v) is 2.65. The predicted octanol–water partition coefficient (Wildman–Crippen LogP) is 1.85. The number of likely N-dealkylation sites (tertiary alicyclic amines) is 1. The highest BCUT2D eigenvalue weighted by Gasteiger charge is 2.23. The van der Waals surface area contributed by atoms with Crippen LogP contribution in [0, 0.1) is 5.82 Å². The molecule has 0 amide bonds. The molecule has 1 heterocycles. The van der Waals surface area contributed by atoms with Crippen molar-refractivity contribution >= 4 is 5.69 Å². The van der Waals surface area contributed by atoms with Gasteiger partial charge < -0.3 is 14.9 Å². The number of para-hydroxylation sites is 1. The molecule has 0 saturated carbocycles.